The van der Waals surface area contributed by atoms with E-state index in [0.717, 1.165) is 24.9 Å². The molecule has 6 heteroatoms. The maximum absolute atomic E-state index is 12.6. The van der Waals surface area contributed by atoms with Gasteiger partial charge in [0.15, 0.2) is 0 Å². The lowest BCUT2D eigenvalue weighted by atomic mass is 10.2. The minimum atomic E-state index is -4.20. The largest absolute Gasteiger partial charge is 0.405 e. The highest BCUT2D eigenvalue weighted by Gasteiger charge is 2.38. The van der Waals surface area contributed by atoms with E-state index in [9.17, 15) is 13.2 Å². The van der Waals surface area contributed by atoms with Crippen LogP contribution in [0, 0.1) is 0 Å². The summed E-state index contributed by atoms with van der Waals surface area (Å²) in [5.41, 5.74) is 1.45. The Morgan fingerprint density at radius 1 is 1.35 bits per heavy atom. The van der Waals surface area contributed by atoms with Crippen LogP contribution in [0.25, 0.3) is 0 Å². The van der Waals surface area contributed by atoms with Crippen LogP contribution in [-0.4, -0.2) is 25.3 Å². The Morgan fingerprint density at radius 3 is 2.55 bits per heavy atom. The Morgan fingerprint density at radius 2 is 2.05 bits per heavy atom. The predicted octanol–water partition coefficient (Wildman–Crippen LogP) is 3.98. The monoisotopic (exact) mass is 306 g/mol. The molecule has 2 rings (SSSR count). The summed E-state index contributed by atoms with van der Waals surface area (Å²) in [4.78, 5) is 1.41. The Balaban J connectivity index is 2.15. The summed E-state index contributed by atoms with van der Waals surface area (Å²) in [6.07, 6.45) is -2.57. The lowest BCUT2D eigenvalue weighted by Crippen LogP contribution is -2.36. The van der Waals surface area contributed by atoms with Gasteiger partial charge in [0.25, 0.3) is 0 Å². The van der Waals surface area contributed by atoms with Crippen molar-refractivity contribution in [3.63, 3.8) is 0 Å². The van der Waals surface area contributed by atoms with Gasteiger partial charge in [-0.1, -0.05) is 24.6 Å². The standard InChI is InChI=1S/C14H18ClF3N2/c1-2-19-8-10-3-4-12(7-13(10)15)20(11-5-6-11)9-14(16,17)18/h3-4,7,11,19H,2,5-6,8-9H2,1H3. The molecule has 0 bridgehead atoms. The first-order valence-corrected chi connectivity index (χ1v) is 7.11. The van der Waals surface area contributed by atoms with Gasteiger partial charge in [0.1, 0.15) is 6.54 Å². The smallest absolute Gasteiger partial charge is 0.359 e. The molecule has 0 aromatic heterocycles. The Hall–Kier alpha value is -0.940. The molecule has 0 saturated heterocycles. The molecule has 0 heterocycles. The summed E-state index contributed by atoms with van der Waals surface area (Å²) < 4.78 is 37.9. The summed E-state index contributed by atoms with van der Waals surface area (Å²) in [6, 6.07) is 5.15. The predicted molar refractivity (Wildman–Crippen MR) is 75.3 cm³/mol. The van der Waals surface area contributed by atoms with E-state index in [4.69, 9.17) is 11.6 Å². The highest BCUT2D eigenvalue weighted by Crippen LogP contribution is 2.35. The molecule has 0 aliphatic heterocycles. The number of nitrogens with one attached hydrogen (secondary N) is 1. The molecule has 1 aliphatic carbocycles. The van der Waals surface area contributed by atoms with Gasteiger partial charge in [-0.05, 0) is 37.1 Å². The van der Waals surface area contributed by atoms with Gasteiger partial charge < -0.3 is 10.2 Å². The highest BCUT2D eigenvalue weighted by atomic mass is 35.5. The Kier molecular flexibility index (Phi) is 4.81. The van der Waals surface area contributed by atoms with Crippen LogP contribution in [0.5, 0.6) is 0 Å². The SMILES string of the molecule is CCNCc1ccc(N(CC(F)(F)F)C2CC2)cc1Cl. The van der Waals surface area contributed by atoms with Crippen molar-refractivity contribution < 1.29 is 13.2 Å². The van der Waals surface area contributed by atoms with Crippen LogP contribution in [0.2, 0.25) is 5.02 Å². The number of halogens is 4. The van der Waals surface area contributed by atoms with Crippen molar-refractivity contribution in [1.29, 1.82) is 0 Å². The third-order valence-electron chi connectivity index (χ3n) is 3.27. The second-order valence-corrected chi connectivity index (χ2v) is 5.44. The summed E-state index contributed by atoms with van der Waals surface area (Å²) in [7, 11) is 0. The van der Waals surface area contributed by atoms with Crippen molar-refractivity contribution in [3.8, 4) is 0 Å². The molecule has 0 spiro atoms. The van der Waals surface area contributed by atoms with E-state index in [1.54, 1.807) is 18.2 Å². The molecule has 20 heavy (non-hydrogen) atoms. The third-order valence-corrected chi connectivity index (χ3v) is 3.62. The maximum Gasteiger partial charge on any atom is 0.405 e. The number of alkyl halides is 3. The quantitative estimate of drug-likeness (QED) is 0.855. The van der Waals surface area contributed by atoms with E-state index in [1.165, 1.54) is 4.90 Å². The molecule has 1 aliphatic rings. The lowest BCUT2D eigenvalue weighted by Gasteiger charge is -2.26. The van der Waals surface area contributed by atoms with Gasteiger partial charge >= 0.3 is 6.18 Å². The van der Waals surface area contributed by atoms with Crippen molar-refractivity contribution in [2.75, 3.05) is 18.0 Å². The molecule has 2 nitrogen and oxygen atoms in total. The molecule has 0 radical (unpaired) electrons. The van der Waals surface area contributed by atoms with Crippen LogP contribution in [0.15, 0.2) is 18.2 Å². The summed E-state index contributed by atoms with van der Waals surface area (Å²) in [5, 5.41) is 3.66. The number of benzene rings is 1. The van der Waals surface area contributed by atoms with Gasteiger partial charge in [-0.25, -0.2) is 0 Å². The molecule has 112 valence electrons. The van der Waals surface area contributed by atoms with Gasteiger partial charge in [-0.15, -0.1) is 0 Å². The highest BCUT2D eigenvalue weighted by molar-refractivity contribution is 6.31. The maximum atomic E-state index is 12.6. The molecule has 0 amide bonds. The Labute approximate surface area is 121 Å². The first-order valence-electron chi connectivity index (χ1n) is 6.73. The molecule has 1 fully saturated rings. The zero-order chi connectivity index (χ0) is 14.8. The van der Waals surface area contributed by atoms with E-state index < -0.39 is 12.7 Å². The first-order chi connectivity index (χ1) is 9.40. The van der Waals surface area contributed by atoms with Crippen LogP contribution in [0.3, 0.4) is 0 Å². The molecule has 1 N–H and O–H groups in total. The van der Waals surface area contributed by atoms with Crippen LogP contribution in [0.1, 0.15) is 25.3 Å². The number of anilines is 1. The molecule has 0 atom stereocenters. The minimum Gasteiger partial charge on any atom is -0.359 e. The van der Waals surface area contributed by atoms with Gasteiger partial charge in [0.2, 0.25) is 0 Å². The summed E-state index contributed by atoms with van der Waals surface area (Å²) in [5.74, 6) is 0. The number of rotatable bonds is 6. The van der Waals surface area contributed by atoms with Gasteiger partial charge in [0.05, 0.1) is 0 Å². The fourth-order valence-electron chi connectivity index (χ4n) is 2.13. The van der Waals surface area contributed by atoms with Gasteiger partial charge in [-0.2, -0.15) is 13.2 Å². The topological polar surface area (TPSA) is 15.3 Å². The van der Waals surface area contributed by atoms with Crippen LogP contribution < -0.4 is 10.2 Å². The average Bonchev–Trinajstić information content (AvgIpc) is 3.17. The average molecular weight is 307 g/mol. The molecule has 1 saturated carbocycles. The van der Waals surface area contributed by atoms with Crippen LogP contribution >= 0.6 is 11.6 Å². The normalized spacial score (nSPS) is 15.4. The second kappa shape index (κ2) is 6.22. The molecule has 0 unspecified atom stereocenters. The zero-order valence-electron chi connectivity index (χ0n) is 11.3. The first kappa shape index (κ1) is 15.4. The number of nitrogens with zero attached hydrogens (tertiary/aromatic N) is 1. The fourth-order valence-corrected chi connectivity index (χ4v) is 2.37. The third kappa shape index (κ3) is 4.28. The molecule has 1 aromatic rings. The van der Waals surface area contributed by atoms with Crippen molar-refractivity contribution >= 4 is 17.3 Å². The van der Waals surface area contributed by atoms with E-state index >= 15 is 0 Å². The van der Waals surface area contributed by atoms with E-state index in [0.29, 0.717) is 17.3 Å². The van der Waals surface area contributed by atoms with Crippen molar-refractivity contribution in [1.82, 2.24) is 5.32 Å². The number of hydrogen-bond donors (Lipinski definition) is 1. The Bertz CT molecular complexity index is 458. The van der Waals surface area contributed by atoms with E-state index in [2.05, 4.69) is 5.32 Å². The van der Waals surface area contributed by atoms with Crippen LogP contribution in [0.4, 0.5) is 18.9 Å². The van der Waals surface area contributed by atoms with Crippen LogP contribution in [-0.2, 0) is 6.54 Å². The van der Waals surface area contributed by atoms with Crippen molar-refractivity contribution in [2.24, 2.45) is 0 Å². The number of hydrogen-bond acceptors (Lipinski definition) is 2. The fraction of sp³-hybridized carbons (Fsp3) is 0.571. The molecular formula is C14H18ClF3N2. The minimum absolute atomic E-state index is 0.00712. The second-order valence-electron chi connectivity index (χ2n) is 5.03. The molecular weight excluding hydrogens is 289 g/mol. The van der Waals surface area contributed by atoms with E-state index in [1.807, 2.05) is 6.92 Å². The van der Waals surface area contributed by atoms with Crippen molar-refractivity contribution in [2.45, 2.75) is 38.5 Å². The summed E-state index contributed by atoms with van der Waals surface area (Å²) >= 11 is 6.16. The van der Waals surface area contributed by atoms with E-state index in [-0.39, 0.29) is 6.04 Å². The van der Waals surface area contributed by atoms with Gasteiger partial charge in [0, 0.05) is 23.3 Å². The van der Waals surface area contributed by atoms with Gasteiger partial charge in [-0.3, -0.25) is 0 Å². The summed E-state index contributed by atoms with van der Waals surface area (Å²) in [6.45, 7) is 2.51. The lowest BCUT2D eigenvalue weighted by molar-refractivity contribution is -0.120. The van der Waals surface area contributed by atoms with Crippen molar-refractivity contribution in [3.05, 3.63) is 28.8 Å². The zero-order valence-corrected chi connectivity index (χ0v) is 12.1. The molecule has 1 aromatic carbocycles.